The van der Waals surface area contributed by atoms with E-state index in [1.165, 1.54) is 18.2 Å². The summed E-state index contributed by atoms with van der Waals surface area (Å²) in [5, 5.41) is 118. The Morgan fingerprint density at radius 1 is 0.250 bits per heavy atom. The smallest absolute Gasteiger partial charge is 0.164 e. The van der Waals surface area contributed by atoms with Crippen LogP contribution in [0.5, 0.6) is 28.7 Å². The van der Waals surface area contributed by atoms with E-state index in [4.69, 9.17) is 35.3 Å². The predicted octanol–water partition coefficient (Wildman–Crippen LogP) is 18.9. The van der Waals surface area contributed by atoms with Crippen molar-refractivity contribution in [3.63, 3.8) is 0 Å². The van der Waals surface area contributed by atoms with E-state index in [0.717, 1.165) is 128 Å². The van der Waals surface area contributed by atoms with Crippen LogP contribution in [-0.4, -0.2) is 178 Å². The molecule has 10 unspecified atom stereocenters. The van der Waals surface area contributed by atoms with Crippen LogP contribution in [0.3, 0.4) is 0 Å². The van der Waals surface area contributed by atoms with E-state index in [0.29, 0.717) is 86.8 Å². The minimum atomic E-state index is -1.13. The van der Waals surface area contributed by atoms with E-state index < -0.39 is 137 Å². The predicted molar refractivity (Wildman–Crippen MR) is 518 cm³/mol. The molecule has 10 aromatic rings. The molecule has 5 aliphatic heterocycles. The summed E-state index contributed by atoms with van der Waals surface area (Å²) in [6, 6.07) is 31.8. The Hall–Kier alpha value is -10.8. The molecule has 0 bridgehead atoms. The Morgan fingerprint density at radius 3 is 0.667 bits per heavy atom. The van der Waals surface area contributed by atoms with Gasteiger partial charge in [-0.1, -0.05) is 90.0 Å². The summed E-state index contributed by atoms with van der Waals surface area (Å²) in [4.78, 5) is 0. The van der Waals surface area contributed by atoms with Gasteiger partial charge in [0.25, 0.3) is 0 Å². The lowest BCUT2D eigenvalue weighted by molar-refractivity contribution is -0.0212. The van der Waals surface area contributed by atoms with Crippen molar-refractivity contribution < 1.29 is 132 Å². The van der Waals surface area contributed by atoms with Gasteiger partial charge < -0.3 is 101 Å². The molecule has 0 aromatic heterocycles. The third-order valence-corrected chi connectivity index (χ3v) is 30.0. The molecule has 34 heteroatoms. The lowest BCUT2D eigenvalue weighted by Crippen LogP contribution is -2.36. The molecule has 0 radical (unpaired) electrons. The Balaban J connectivity index is 0.000000129. The van der Waals surface area contributed by atoms with Crippen LogP contribution in [0.15, 0.2) is 127 Å². The highest BCUT2D eigenvalue weighted by Gasteiger charge is 2.51. The van der Waals surface area contributed by atoms with Crippen molar-refractivity contribution in [2.24, 2.45) is 27.1 Å². The van der Waals surface area contributed by atoms with Crippen molar-refractivity contribution in [1.82, 2.24) is 0 Å². The molecule has 144 heavy (non-hydrogen) atoms. The van der Waals surface area contributed by atoms with Gasteiger partial charge in [0.05, 0.1) is 59.0 Å². The number of aliphatic hydroxyl groups is 10. The average Bonchev–Trinajstić information content (AvgIpc) is 1.59. The highest BCUT2D eigenvalue weighted by Crippen LogP contribution is 2.57. The maximum Gasteiger partial charge on any atom is 0.164 e. The zero-order valence-corrected chi connectivity index (χ0v) is 81.2. The van der Waals surface area contributed by atoms with Gasteiger partial charge in [0.1, 0.15) is 110 Å². The summed E-state index contributed by atoms with van der Waals surface area (Å²) < 4.78 is 216. The minimum absolute atomic E-state index is 0.0193. The van der Waals surface area contributed by atoms with E-state index >= 15 is 0 Å². The summed E-state index contributed by atoms with van der Waals surface area (Å²) in [6.07, 6.45) is 0.572. The molecule has 20 rings (SSSR count). The number of benzene rings is 10. The van der Waals surface area contributed by atoms with Crippen LogP contribution in [-0.2, 0) is 32.1 Å². The number of aliphatic hydroxyl groups excluding tert-OH is 10. The van der Waals surface area contributed by atoms with Crippen LogP contribution in [0, 0.1) is 137 Å². The molecule has 10 aromatic carbocycles. The molecule has 0 amide bonds. The second-order valence-corrected chi connectivity index (χ2v) is 41.8. The number of ether oxygens (including phenoxy) is 5. The summed E-state index contributed by atoms with van der Waals surface area (Å²) in [6.45, 7) is 10.2. The van der Waals surface area contributed by atoms with E-state index in [1.807, 2.05) is 44.2 Å². The van der Waals surface area contributed by atoms with Crippen molar-refractivity contribution in [3.05, 3.63) is 291 Å². The van der Waals surface area contributed by atoms with Crippen LogP contribution >= 0.6 is 11.6 Å². The van der Waals surface area contributed by atoms with Gasteiger partial charge in [0.15, 0.2) is 58.2 Å². The first-order valence-corrected chi connectivity index (χ1v) is 49.1. The number of fused-ring (bicyclic) bond motifs is 5. The van der Waals surface area contributed by atoms with E-state index in [9.17, 15) is 108 Å². The molecule has 5 aliphatic carbocycles. The van der Waals surface area contributed by atoms with Crippen molar-refractivity contribution in [1.29, 1.82) is 0 Å². The van der Waals surface area contributed by atoms with E-state index in [2.05, 4.69) is 26.6 Å². The number of aryl methyl sites for hydroxylation is 5. The maximum atomic E-state index is 14.8. The molecule has 0 saturated heterocycles. The Morgan fingerprint density at radius 2 is 0.451 bits per heavy atom. The third kappa shape index (κ3) is 25.3. The lowest BCUT2D eigenvalue weighted by Gasteiger charge is -2.28. The largest absolute Gasteiger partial charge is 0.488 e. The highest BCUT2D eigenvalue weighted by atomic mass is 35.5. The van der Waals surface area contributed by atoms with Gasteiger partial charge >= 0.3 is 0 Å². The molecule has 20 nitrogen and oxygen atoms in total. The molecule has 10 aliphatic rings. The number of hydrogen-bond acceptors (Lipinski definition) is 20. The zero-order chi connectivity index (χ0) is 103. The Bertz CT molecular complexity index is 5730. The second-order valence-electron chi connectivity index (χ2n) is 41.4. The molecule has 5 fully saturated rings. The van der Waals surface area contributed by atoms with Gasteiger partial charge in [0, 0.05) is 128 Å². The first-order chi connectivity index (χ1) is 68.5. The maximum absolute atomic E-state index is 14.8. The fraction of sp³-hybridized carbons (Fsp3) is 0.455. The zero-order valence-electron chi connectivity index (χ0n) is 80.4. The molecular weight excluding hydrogens is 1910 g/mol. The summed E-state index contributed by atoms with van der Waals surface area (Å²) in [5.74, 6) is -11.4. The molecule has 5 heterocycles. The monoisotopic (exact) mass is 2030 g/mol. The number of hydrogen-bond donors (Lipinski definition) is 15. The van der Waals surface area contributed by atoms with Crippen molar-refractivity contribution >= 4 is 40.0 Å². The van der Waals surface area contributed by atoms with Crippen LogP contribution in [0.2, 0.25) is 5.02 Å². The van der Waals surface area contributed by atoms with Crippen molar-refractivity contribution in [2.75, 3.05) is 92.3 Å². The molecule has 5 spiro atoms. The van der Waals surface area contributed by atoms with Crippen LogP contribution in [0.4, 0.5) is 85.5 Å². The van der Waals surface area contributed by atoms with Gasteiger partial charge in [-0.15, -0.1) is 0 Å². The summed E-state index contributed by atoms with van der Waals surface area (Å²) >= 11 is 6.32. The van der Waals surface area contributed by atoms with Crippen LogP contribution in [0.25, 0.3) is 0 Å². The van der Waals surface area contributed by atoms with Crippen molar-refractivity contribution in [2.45, 2.75) is 224 Å². The van der Waals surface area contributed by atoms with Gasteiger partial charge in [0.2, 0.25) is 0 Å². The topological polar surface area (TPSA) is 309 Å². The average molecular weight is 2040 g/mol. The fourth-order valence-electron chi connectivity index (χ4n) is 19.3. The fourth-order valence-corrected chi connectivity index (χ4v) is 19.6. The van der Waals surface area contributed by atoms with Gasteiger partial charge in [-0.05, 0) is 232 Å². The number of halogens is 14. The van der Waals surface area contributed by atoms with Gasteiger partial charge in [-0.2, -0.15) is 0 Å². The number of anilines is 5. The lowest BCUT2D eigenvalue weighted by atomic mass is 9.94. The van der Waals surface area contributed by atoms with E-state index in [1.54, 1.807) is 69.3 Å². The van der Waals surface area contributed by atoms with Gasteiger partial charge in [-0.25, -0.2) is 57.1 Å². The Labute approximate surface area is 831 Å². The summed E-state index contributed by atoms with van der Waals surface area (Å²) in [7, 11) is 0. The quantitative estimate of drug-likeness (QED) is 0.0566. The first kappa shape index (κ1) is 106. The Kier molecular flexibility index (Phi) is 32.4. The second kappa shape index (κ2) is 44.1. The molecular formula is C110H121ClF13N5O15. The standard InChI is InChI=1S/C22H24ClF2NO3.3C22H24F3NO3.C22H25F2NO3/c4*1-12-2-3-13(15(23)6-12)7-14-20(25)16(24)8-19-21(14)26-11-22(4-5-22)9-17(27)18(28)10-29-19;1-13-2-4-14(5-3-13)8-15-20(24)16(23)9-19-21(15)25-12-22(6-7-22)10-17(26)18(27)11-28-19/h4*2-3,6,8,17-18,26-28H,4-5,7,9-11H2,1H3;2-5,9,17-18,25-27H,6-8,10-12H2,1H3. The summed E-state index contributed by atoms with van der Waals surface area (Å²) in [5.41, 5.74) is 7.56. The minimum Gasteiger partial charge on any atom is -0.488 e. The highest BCUT2D eigenvalue weighted by molar-refractivity contribution is 6.31. The molecule has 15 N–H and O–H groups in total. The van der Waals surface area contributed by atoms with Crippen LogP contribution < -0.4 is 50.3 Å². The van der Waals surface area contributed by atoms with Crippen LogP contribution in [0.1, 0.15) is 180 Å². The molecule has 774 valence electrons. The normalized spacial score (nSPS) is 23.2. The molecule has 5 saturated carbocycles. The van der Waals surface area contributed by atoms with Gasteiger partial charge in [-0.3, -0.25) is 0 Å². The van der Waals surface area contributed by atoms with Crippen molar-refractivity contribution in [3.8, 4) is 28.7 Å². The molecule has 10 atom stereocenters. The first-order valence-electron chi connectivity index (χ1n) is 48.7. The third-order valence-electron chi connectivity index (χ3n) is 29.7. The SMILES string of the molecule is Cc1ccc(Cc2c(F)c(F)cc3c2NCC2(CC2)CC(O)C(O)CO3)c(Cl)c1.Cc1ccc(Cc2c(F)c(F)cc3c2NCC2(CC2)CC(O)C(O)CO3)c(F)c1.Cc1ccc(Cc2c(F)c(F)cc3c2NCC2(CC2)CC(O)C(O)CO3)c(F)c1.Cc1ccc(Cc2c(F)c(F)cc3c2NCC2(CC2)CC(O)C(O)CO3)c(F)c1.Cc1ccc(Cc2c(F)c(F)cc3c2NCC2(CC2)CC(O)C(O)CO3)cc1. The number of rotatable bonds is 10. The number of nitrogens with one attached hydrogen (secondary N) is 5. The van der Waals surface area contributed by atoms with E-state index in [-0.39, 0.29) is 183 Å².